The van der Waals surface area contributed by atoms with E-state index in [2.05, 4.69) is 10.5 Å². The van der Waals surface area contributed by atoms with Crippen molar-refractivity contribution >= 4 is 46.2 Å². The van der Waals surface area contributed by atoms with Gasteiger partial charge in [-0.3, -0.25) is 9.59 Å². The Morgan fingerprint density at radius 3 is 2.97 bits per heavy atom. The summed E-state index contributed by atoms with van der Waals surface area (Å²) >= 11 is 7.03. The molecule has 30 heavy (non-hydrogen) atoms. The predicted molar refractivity (Wildman–Crippen MR) is 112 cm³/mol. The number of carbonyl (C=O) groups excluding carboxylic acids is 2. The second kappa shape index (κ2) is 9.11. The summed E-state index contributed by atoms with van der Waals surface area (Å²) in [5.41, 5.74) is 1.27. The van der Waals surface area contributed by atoms with E-state index in [1.807, 2.05) is 0 Å². The third-order valence-corrected chi connectivity index (χ3v) is 6.05. The number of halogens is 2. The van der Waals surface area contributed by atoms with Gasteiger partial charge in [-0.25, -0.2) is 4.39 Å². The highest BCUT2D eigenvalue weighted by molar-refractivity contribution is 7.18. The molecule has 1 aromatic carbocycles. The fourth-order valence-electron chi connectivity index (χ4n) is 3.28. The van der Waals surface area contributed by atoms with Crippen LogP contribution in [0.1, 0.15) is 28.1 Å². The van der Waals surface area contributed by atoms with Crippen LogP contribution in [0.25, 0.3) is 0 Å². The van der Waals surface area contributed by atoms with E-state index >= 15 is 0 Å². The molecule has 3 heterocycles. The van der Waals surface area contributed by atoms with Crippen LogP contribution in [0.15, 0.2) is 35.5 Å². The predicted octanol–water partition coefficient (Wildman–Crippen LogP) is 3.22. The van der Waals surface area contributed by atoms with Crippen molar-refractivity contribution in [2.45, 2.75) is 18.9 Å². The van der Waals surface area contributed by atoms with Gasteiger partial charge in [-0.1, -0.05) is 16.8 Å². The molecule has 1 unspecified atom stereocenters. The van der Waals surface area contributed by atoms with Gasteiger partial charge in [0.25, 0.3) is 5.91 Å². The largest absolute Gasteiger partial charge is 0.390 e. The van der Waals surface area contributed by atoms with Gasteiger partial charge in [-0.2, -0.15) is 0 Å². The fraction of sp³-hybridized carbons (Fsp3) is 0.350. The zero-order valence-electron chi connectivity index (χ0n) is 15.9. The van der Waals surface area contributed by atoms with Gasteiger partial charge in [0.2, 0.25) is 5.91 Å². The Kier molecular flexibility index (Phi) is 6.31. The minimum Gasteiger partial charge on any atom is -0.390 e. The highest BCUT2D eigenvalue weighted by Crippen LogP contribution is 2.25. The smallest absolute Gasteiger partial charge is 0.261 e. The molecule has 0 spiro atoms. The second-order valence-electron chi connectivity index (χ2n) is 6.86. The Morgan fingerprint density at radius 2 is 2.20 bits per heavy atom. The van der Waals surface area contributed by atoms with Gasteiger partial charge in [0.15, 0.2) is 0 Å². The highest BCUT2D eigenvalue weighted by Gasteiger charge is 2.26. The number of anilines is 1. The number of nitrogens with zero attached hydrogens (tertiary/aromatic N) is 2. The molecule has 7 nitrogen and oxygen atoms in total. The number of hydrogen-bond acceptors (Lipinski definition) is 6. The molecule has 2 amide bonds. The number of carbonyl (C=O) groups is 2. The van der Waals surface area contributed by atoms with Gasteiger partial charge in [-0.05, 0) is 30.3 Å². The van der Waals surface area contributed by atoms with Crippen molar-refractivity contribution in [1.82, 2.24) is 5.32 Å². The van der Waals surface area contributed by atoms with Crippen molar-refractivity contribution in [1.29, 1.82) is 0 Å². The molecule has 2 aliphatic rings. The molecule has 2 aromatic rings. The van der Waals surface area contributed by atoms with Crippen LogP contribution >= 0.6 is 22.9 Å². The Morgan fingerprint density at radius 1 is 1.33 bits per heavy atom. The first-order valence-electron chi connectivity index (χ1n) is 9.45. The third kappa shape index (κ3) is 4.63. The summed E-state index contributed by atoms with van der Waals surface area (Å²) in [5, 5.41) is 6.75. The van der Waals surface area contributed by atoms with E-state index in [0.29, 0.717) is 52.4 Å². The number of ether oxygens (including phenoxy) is 1. The molecule has 1 aromatic heterocycles. The zero-order valence-corrected chi connectivity index (χ0v) is 17.5. The van der Waals surface area contributed by atoms with Crippen LogP contribution in [-0.4, -0.2) is 49.9 Å². The standard InChI is InChI=1S/C20H19ClFN3O4S/c21-18-4-3-17(30-18)20(27)23-11-13-10-16(24-29-13)14-2-1-12(9-15(14)22)25-6-8-28-7-5-19(25)26/h1-4,9,13H,5-8,10-11H2,(H,23,27). The molecule has 10 heteroatoms. The molecule has 1 saturated heterocycles. The Balaban J connectivity index is 1.36. The first-order chi connectivity index (χ1) is 14.5. The van der Waals surface area contributed by atoms with Crippen LogP contribution in [0.5, 0.6) is 0 Å². The van der Waals surface area contributed by atoms with Gasteiger partial charge in [-0.15, -0.1) is 11.3 Å². The van der Waals surface area contributed by atoms with Gasteiger partial charge in [0.05, 0.1) is 41.1 Å². The van der Waals surface area contributed by atoms with E-state index < -0.39 is 5.82 Å². The molecule has 2 aliphatic heterocycles. The molecule has 1 fully saturated rings. The number of amides is 2. The number of benzene rings is 1. The number of nitrogens with one attached hydrogen (secondary N) is 1. The first-order valence-corrected chi connectivity index (χ1v) is 10.6. The van der Waals surface area contributed by atoms with Crippen LogP contribution in [0.3, 0.4) is 0 Å². The maximum absolute atomic E-state index is 14.8. The van der Waals surface area contributed by atoms with E-state index in [9.17, 15) is 14.0 Å². The van der Waals surface area contributed by atoms with E-state index in [1.165, 1.54) is 22.3 Å². The summed E-state index contributed by atoms with van der Waals surface area (Å²) in [6.45, 7) is 1.42. The summed E-state index contributed by atoms with van der Waals surface area (Å²) < 4.78 is 20.6. The second-order valence-corrected chi connectivity index (χ2v) is 8.57. The Hall–Kier alpha value is -2.49. The van der Waals surface area contributed by atoms with Crippen LogP contribution in [0.2, 0.25) is 4.34 Å². The fourth-order valence-corrected chi connectivity index (χ4v) is 4.24. The lowest BCUT2D eigenvalue weighted by molar-refractivity contribution is -0.118. The summed E-state index contributed by atoms with van der Waals surface area (Å²) in [5.74, 6) is -0.819. The molecule has 158 valence electrons. The quantitative estimate of drug-likeness (QED) is 0.757. The molecule has 0 saturated carbocycles. The van der Waals surface area contributed by atoms with Crippen molar-refractivity contribution < 1.29 is 23.6 Å². The minimum atomic E-state index is -0.481. The summed E-state index contributed by atoms with van der Waals surface area (Å²) in [7, 11) is 0. The van der Waals surface area contributed by atoms with Crippen LogP contribution < -0.4 is 10.2 Å². The number of rotatable bonds is 5. The molecular formula is C20H19ClFN3O4S. The van der Waals surface area contributed by atoms with Crippen molar-refractivity contribution in [2.24, 2.45) is 5.16 Å². The van der Waals surface area contributed by atoms with E-state index in [0.717, 1.165) is 0 Å². The number of oxime groups is 1. The lowest BCUT2D eigenvalue weighted by Crippen LogP contribution is -2.32. The van der Waals surface area contributed by atoms with Gasteiger partial charge >= 0.3 is 0 Å². The Labute approximate surface area is 181 Å². The van der Waals surface area contributed by atoms with Crippen LogP contribution in [0, 0.1) is 5.82 Å². The van der Waals surface area contributed by atoms with Gasteiger partial charge in [0.1, 0.15) is 11.9 Å². The first kappa shape index (κ1) is 20.8. The number of thiophene rings is 1. The topological polar surface area (TPSA) is 80.2 Å². The lowest BCUT2D eigenvalue weighted by Gasteiger charge is -2.20. The average molecular weight is 452 g/mol. The summed E-state index contributed by atoms with van der Waals surface area (Å²) in [6, 6.07) is 7.93. The molecule has 1 N–H and O–H groups in total. The van der Waals surface area contributed by atoms with Gasteiger partial charge in [0, 0.05) is 24.2 Å². The molecule has 4 rings (SSSR count). The van der Waals surface area contributed by atoms with Crippen LogP contribution in [0.4, 0.5) is 10.1 Å². The lowest BCUT2D eigenvalue weighted by atomic mass is 10.0. The van der Waals surface area contributed by atoms with Crippen LogP contribution in [-0.2, 0) is 14.4 Å². The van der Waals surface area contributed by atoms with Crippen molar-refractivity contribution in [3.8, 4) is 0 Å². The van der Waals surface area contributed by atoms with E-state index in [-0.39, 0.29) is 30.9 Å². The number of hydrogen-bond donors (Lipinski definition) is 1. The maximum atomic E-state index is 14.8. The zero-order chi connectivity index (χ0) is 21.1. The normalized spacial score (nSPS) is 19.3. The average Bonchev–Trinajstić information content (AvgIpc) is 3.32. The monoisotopic (exact) mass is 451 g/mol. The molecule has 1 atom stereocenters. The molecule has 0 radical (unpaired) electrons. The van der Waals surface area contributed by atoms with Crippen molar-refractivity contribution in [3.05, 3.63) is 50.9 Å². The third-order valence-electron chi connectivity index (χ3n) is 4.82. The van der Waals surface area contributed by atoms with Gasteiger partial charge < -0.3 is 19.8 Å². The van der Waals surface area contributed by atoms with Crippen molar-refractivity contribution in [2.75, 3.05) is 31.2 Å². The summed E-state index contributed by atoms with van der Waals surface area (Å²) in [4.78, 5) is 31.7. The molecule has 0 bridgehead atoms. The Bertz CT molecular complexity index is 996. The maximum Gasteiger partial charge on any atom is 0.261 e. The highest BCUT2D eigenvalue weighted by atomic mass is 35.5. The molecular weight excluding hydrogens is 433 g/mol. The SMILES string of the molecule is O=C(NCC1CC(c2ccc(N3CCOCCC3=O)cc2F)=NO1)c1ccc(Cl)s1. The van der Waals surface area contributed by atoms with Crippen molar-refractivity contribution in [3.63, 3.8) is 0 Å². The summed E-state index contributed by atoms with van der Waals surface area (Å²) in [6.07, 6.45) is 0.246. The minimum absolute atomic E-state index is 0.0935. The van der Waals surface area contributed by atoms with E-state index in [4.69, 9.17) is 21.2 Å². The van der Waals surface area contributed by atoms with E-state index in [1.54, 1.807) is 24.3 Å². The molecule has 0 aliphatic carbocycles.